The molecule has 4 unspecified atom stereocenters. The predicted octanol–water partition coefficient (Wildman–Crippen LogP) is 1.85. The number of piperidine rings is 1. The van der Waals surface area contributed by atoms with E-state index in [0.717, 1.165) is 30.8 Å². The van der Waals surface area contributed by atoms with Gasteiger partial charge in [-0.1, -0.05) is 6.07 Å². The van der Waals surface area contributed by atoms with Crippen LogP contribution in [0.2, 0.25) is 0 Å². The number of carbonyl (C=O) groups excluding carboxylic acids is 2. The molecule has 23 heavy (non-hydrogen) atoms. The molecule has 4 atom stereocenters. The van der Waals surface area contributed by atoms with Crippen LogP contribution in [0.25, 0.3) is 0 Å². The molecule has 0 spiro atoms. The number of hydrogen-bond acceptors (Lipinski definition) is 4. The fourth-order valence-electron chi connectivity index (χ4n) is 3.81. The molecule has 1 aromatic heterocycles. The van der Waals surface area contributed by atoms with Crippen molar-refractivity contribution < 1.29 is 9.59 Å². The van der Waals surface area contributed by atoms with Gasteiger partial charge in [-0.25, -0.2) is 0 Å². The molecule has 2 amide bonds. The normalized spacial score (nSPS) is 29.9. The summed E-state index contributed by atoms with van der Waals surface area (Å²) in [6.07, 6.45) is 2.40. The van der Waals surface area contributed by atoms with Gasteiger partial charge in [0.2, 0.25) is 11.8 Å². The zero-order valence-electron chi connectivity index (χ0n) is 13.8. The molecule has 2 N–H and O–H groups in total. The van der Waals surface area contributed by atoms with Gasteiger partial charge in [-0.2, -0.15) is 0 Å². The largest absolute Gasteiger partial charge is 0.342 e. The first kappa shape index (κ1) is 16.5. The first-order valence-electron chi connectivity index (χ1n) is 8.32. The van der Waals surface area contributed by atoms with Crippen molar-refractivity contribution in [3.05, 3.63) is 22.4 Å². The number of rotatable bonds is 3. The highest BCUT2D eigenvalue weighted by molar-refractivity contribution is 7.10. The number of hydrogen-bond donors (Lipinski definition) is 1. The SMILES string of the molecule is CC(N)C1CCCN(C(=O)C2CC(=O)N(C)C2c2cccs2)C1. The topological polar surface area (TPSA) is 66.6 Å². The van der Waals surface area contributed by atoms with E-state index in [1.807, 2.05) is 29.3 Å². The van der Waals surface area contributed by atoms with Gasteiger partial charge in [-0.15, -0.1) is 11.3 Å². The molecule has 5 nitrogen and oxygen atoms in total. The predicted molar refractivity (Wildman–Crippen MR) is 90.9 cm³/mol. The minimum Gasteiger partial charge on any atom is -0.342 e. The summed E-state index contributed by atoms with van der Waals surface area (Å²) >= 11 is 1.61. The summed E-state index contributed by atoms with van der Waals surface area (Å²) < 4.78 is 0. The summed E-state index contributed by atoms with van der Waals surface area (Å²) in [6, 6.07) is 3.98. The second kappa shape index (κ2) is 6.61. The van der Waals surface area contributed by atoms with Crippen molar-refractivity contribution in [1.29, 1.82) is 0 Å². The van der Waals surface area contributed by atoms with Crippen molar-refractivity contribution in [2.75, 3.05) is 20.1 Å². The van der Waals surface area contributed by atoms with Crippen molar-refractivity contribution in [2.24, 2.45) is 17.6 Å². The molecule has 0 saturated carbocycles. The van der Waals surface area contributed by atoms with Crippen molar-refractivity contribution in [1.82, 2.24) is 9.80 Å². The summed E-state index contributed by atoms with van der Waals surface area (Å²) in [5.41, 5.74) is 6.03. The maximum atomic E-state index is 13.1. The Hall–Kier alpha value is -1.40. The highest BCUT2D eigenvalue weighted by Gasteiger charge is 2.45. The second-order valence-corrected chi connectivity index (χ2v) is 7.80. The van der Waals surface area contributed by atoms with Crippen LogP contribution in [0, 0.1) is 11.8 Å². The van der Waals surface area contributed by atoms with Crippen LogP contribution in [0.15, 0.2) is 17.5 Å². The molecule has 3 heterocycles. The third-order valence-electron chi connectivity index (χ3n) is 5.25. The second-order valence-electron chi connectivity index (χ2n) is 6.82. The summed E-state index contributed by atoms with van der Waals surface area (Å²) in [4.78, 5) is 30.0. The van der Waals surface area contributed by atoms with E-state index in [-0.39, 0.29) is 29.8 Å². The summed E-state index contributed by atoms with van der Waals surface area (Å²) in [5, 5.41) is 2.00. The molecule has 2 aliphatic heterocycles. The average Bonchev–Trinajstić information content (AvgIpc) is 3.16. The Morgan fingerprint density at radius 3 is 2.91 bits per heavy atom. The number of nitrogens with two attached hydrogens (primary N) is 1. The number of amides is 2. The molecular weight excluding hydrogens is 310 g/mol. The number of thiophene rings is 1. The van der Waals surface area contributed by atoms with Crippen molar-refractivity contribution >= 4 is 23.2 Å². The molecule has 3 rings (SSSR count). The van der Waals surface area contributed by atoms with Crippen molar-refractivity contribution in [3.8, 4) is 0 Å². The Bertz CT molecular complexity index is 572. The van der Waals surface area contributed by atoms with Crippen LogP contribution >= 0.6 is 11.3 Å². The maximum absolute atomic E-state index is 13.1. The quantitative estimate of drug-likeness (QED) is 0.917. The van der Waals surface area contributed by atoms with E-state index in [1.54, 1.807) is 23.3 Å². The van der Waals surface area contributed by atoms with Gasteiger partial charge in [0.05, 0.1) is 12.0 Å². The summed E-state index contributed by atoms with van der Waals surface area (Å²) in [7, 11) is 1.81. The molecule has 0 radical (unpaired) electrons. The number of likely N-dealkylation sites (tertiary alicyclic amines) is 2. The minimum atomic E-state index is -0.266. The molecule has 0 aromatic carbocycles. The van der Waals surface area contributed by atoms with Gasteiger partial charge in [0.15, 0.2) is 0 Å². The zero-order valence-corrected chi connectivity index (χ0v) is 14.6. The highest BCUT2D eigenvalue weighted by Crippen LogP contribution is 2.40. The van der Waals surface area contributed by atoms with E-state index in [4.69, 9.17) is 5.73 Å². The van der Waals surface area contributed by atoms with Gasteiger partial charge < -0.3 is 15.5 Å². The first-order valence-corrected chi connectivity index (χ1v) is 9.20. The van der Waals surface area contributed by atoms with Crippen LogP contribution in [-0.4, -0.2) is 47.8 Å². The highest BCUT2D eigenvalue weighted by atomic mass is 32.1. The summed E-state index contributed by atoms with van der Waals surface area (Å²) in [6.45, 7) is 3.52. The molecule has 2 fully saturated rings. The van der Waals surface area contributed by atoms with E-state index < -0.39 is 0 Å². The molecule has 126 valence electrons. The Kier molecular flexibility index (Phi) is 4.73. The lowest BCUT2D eigenvalue weighted by atomic mass is 9.90. The van der Waals surface area contributed by atoms with E-state index >= 15 is 0 Å². The lowest BCUT2D eigenvalue weighted by Crippen LogP contribution is -2.47. The number of nitrogens with zero attached hydrogens (tertiary/aromatic N) is 2. The number of carbonyl (C=O) groups is 2. The third kappa shape index (κ3) is 3.15. The Morgan fingerprint density at radius 2 is 2.26 bits per heavy atom. The van der Waals surface area contributed by atoms with Crippen LogP contribution in [-0.2, 0) is 9.59 Å². The van der Waals surface area contributed by atoms with Crippen LogP contribution in [0.5, 0.6) is 0 Å². The lowest BCUT2D eigenvalue weighted by molar-refractivity contribution is -0.138. The van der Waals surface area contributed by atoms with Gasteiger partial charge in [-0.3, -0.25) is 9.59 Å². The van der Waals surface area contributed by atoms with Crippen LogP contribution in [0.3, 0.4) is 0 Å². The molecule has 0 bridgehead atoms. The van der Waals surface area contributed by atoms with E-state index in [0.29, 0.717) is 12.3 Å². The maximum Gasteiger partial charge on any atom is 0.228 e. The molecule has 0 aliphatic carbocycles. The Morgan fingerprint density at radius 1 is 1.48 bits per heavy atom. The standard InChI is InChI=1S/C17H25N3O2S/c1-11(18)12-5-3-7-20(10-12)17(22)13-9-15(21)19(2)16(13)14-6-4-8-23-14/h4,6,8,11-13,16H,3,5,7,9-10,18H2,1-2H3. The van der Waals surface area contributed by atoms with Gasteiger partial charge in [0.1, 0.15) is 0 Å². The van der Waals surface area contributed by atoms with Crippen molar-refractivity contribution in [2.45, 2.75) is 38.3 Å². The van der Waals surface area contributed by atoms with E-state index in [1.165, 1.54) is 0 Å². The van der Waals surface area contributed by atoms with Gasteiger partial charge in [0, 0.05) is 37.5 Å². The molecule has 6 heteroatoms. The van der Waals surface area contributed by atoms with Crippen molar-refractivity contribution in [3.63, 3.8) is 0 Å². The van der Waals surface area contributed by atoms with Crippen LogP contribution < -0.4 is 5.73 Å². The van der Waals surface area contributed by atoms with E-state index in [2.05, 4.69) is 0 Å². The third-order valence-corrected chi connectivity index (χ3v) is 6.19. The average molecular weight is 335 g/mol. The molecule has 2 aliphatic rings. The fourth-order valence-corrected chi connectivity index (χ4v) is 4.75. The van der Waals surface area contributed by atoms with Crippen LogP contribution in [0.1, 0.15) is 37.1 Å². The Balaban J connectivity index is 1.79. The van der Waals surface area contributed by atoms with Gasteiger partial charge >= 0.3 is 0 Å². The zero-order chi connectivity index (χ0) is 16.6. The minimum absolute atomic E-state index is 0.0579. The monoisotopic (exact) mass is 335 g/mol. The Labute approximate surface area is 141 Å². The molecule has 1 aromatic rings. The molecule has 2 saturated heterocycles. The van der Waals surface area contributed by atoms with E-state index in [9.17, 15) is 9.59 Å². The lowest BCUT2D eigenvalue weighted by Gasteiger charge is -2.37. The summed E-state index contributed by atoms with van der Waals surface area (Å²) in [5.74, 6) is 0.273. The molecular formula is C17H25N3O2S. The fraction of sp³-hybridized carbons (Fsp3) is 0.647. The van der Waals surface area contributed by atoms with Crippen LogP contribution in [0.4, 0.5) is 0 Å². The smallest absolute Gasteiger partial charge is 0.228 e. The first-order chi connectivity index (χ1) is 11.0. The van der Waals surface area contributed by atoms with Gasteiger partial charge in [0.25, 0.3) is 0 Å². The van der Waals surface area contributed by atoms with Gasteiger partial charge in [-0.05, 0) is 37.1 Å².